The summed E-state index contributed by atoms with van der Waals surface area (Å²) in [5, 5.41) is 0.775. The zero-order chi connectivity index (χ0) is 12.1. The first kappa shape index (κ1) is 12.1. The topological polar surface area (TPSA) is 38.9 Å². The molecule has 1 aromatic heterocycles. The van der Waals surface area contributed by atoms with Crippen LogP contribution in [-0.2, 0) is 0 Å². The number of hydrogen-bond donors (Lipinski definition) is 1. The molecule has 0 fully saturated rings. The summed E-state index contributed by atoms with van der Waals surface area (Å²) in [5.41, 5.74) is 7.80. The summed E-state index contributed by atoms with van der Waals surface area (Å²) >= 11 is 6.24. The number of nitrogens with zero attached hydrogens (tertiary/aromatic N) is 1. The van der Waals surface area contributed by atoms with Gasteiger partial charge < -0.3 is 5.73 Å². The van der Waals surface area contributed by atoms with Crippen LogP contribution >= 0.6 is 11.6 Å². The number of benzene rings is 1. The fourth-order valence-electron chi connectivity index (χ4n) is 1.97. The van der Waals surface area contributed by atoms with Crippen molar-refractivity contribution in [1.29, 1.82) is 0 Å². The van der Waals surface area contributed by atoms with Crippen molar-refractivity contribution in [2.24, 2.45) is 5.73 Å². The Morgan fingerprint density at radius 3 is 2.53 bits per heavy atom. The van der Waals surface area contributed by atoms with E-state index in [0.717, 1.165) is 22.7 Å². The Hall–Kier alpha value is -1.38. The molecule has 0 radical (unpaired) electrons. The molecule has 2 nitrogen and oxygen atoms in total. The molecule has 88 valence electrons. The molecule has 2 rings (SSSR count). The van der Waals surface area contributed by atoms with Gasteiger partial charge in [-0.3, -0.25) is 4.98 Å². The largest absolute Gasteiger partial charge is 0.330 e. The molecule has 3 heteroatoms. The number of aromatic nitrogens is 1. The highest BCUT2D eigenvalue weighted by atomic mass is 35.5. The standard InChI is InChI=1S/C14H15ClN2/c15-13-6-2-1-5-11(13)12(8-9-16)14-7-3-4-10-17-14/h1-7,10,12H,8-9,16H2. The maximum absolute atomic E-state index is 6.24. The van der Waals surface area contributed by atoms with Crippen LogP contribution in [0.4, 0.5) is 0 Å². The lowest BCUT2D eigenvalue weighted by Crippen LogP contribution is -2.10. The highest BCUT2D eigenvalue weighted by Crippen LogP contribution is 2.31. The molecule has 0 bridgehead atoms. The number of nitrogens with two attached hydrogens (primary N) is 1. The van der Waals surface area contributed by atoms with Crippen molar-refractivity contribution in [3.63, 3.8) is 0 Å². The molecule has 0 spiro atoms. The minimum absolute atomic E-state index is 0.176. The van der Waals surface area contributed by atoms with Gasteiger partial charge in [-0.2, -0.15) is 0 Å². The van der Waals surface area contributed by atoms with Gasteiger partial charge in [0.2, 0.25) is 0 Å². The van der Waals surface area contributed by atoms with Crippen molar-refractivity contribution >= 4 is 11.6 Å². The van der Waals surface area contributed by atoms with E-state index in [1.165, 1.54) is 0 Å². The normalized spacial score (nSPS) is 12.4. The van der Waals surface area contributed by atoms with Crippen molar-refractivity contribution in [3.8, 4) is 0 Å². The number of halogens is 1. The maximum Gasteiger partial charge on any atom is 0.0479 e. The number of hydrogen-bond acceptors (Lipinski definition) is 2. The molecule has 0 saturated heterocycles. The van der Waals surface area contributed by atoms with Gasteiger partial charge in [-0.15, -0.1) is 0 Å². The van der Waals surface area contributed by atoms with Gasteiger partial charge in [0.25, 0.3) is 0 Å². The zero-order valence-corrected chi connectivity index (χ0v) is 10.3. The van der Waals surface area contributed by atoms with Gasteiger partial charge >= 0.3 is 0 Å². The van der Waals surface area contributed by atoms with E-state index in [9.17, 15) is 0 Å². The van der Waals surface area contributed by atoms with Crippen LogP contribution in [0.25, 0.3) is 0 Å². The molecule has 2 aromatic rings. The van der Waals surface area contributed by atoms with Gasteiger partial charge in [-0.05, 0) is 36.7 Å². The molecule has 2 N–H and O–H groups in total. The quantitative estimate of drug-likeness (QED) is 0.900. The van der Waals surface area contributed by atoms with Crippen LogP contribution in [0.5, 0.6) is 0 Å². The zero-order valence-electron chi connectivity index (χ0n) is 9.51. The lowest BCUT2D eigenvalue weighted by molar-refractivity contribution is 0.706. The first-order valence-electron chi connectivity index (χ1n) is 5.68. The van der Waals surface area contributed by atoms with Gasteiger partial charge in [0.05, 0.1) is 0 Å². The summed E-state index contributed by atoms with van der Waals surface area (Å²) in [6.07, 6.45) is 2.65. The van der Waals surface area contributed by atoms with Gasteiger partial charge in [0.1, 0.15) is 0 Å². The predicted molar refractivity (Wildman–Crippen MR) is 71.2 cm³/mol. The molecule has 1 unspecified atom stereocenters. The lowest BCUT2D eigenvalue weighted by Gasteiger charge is -2.17. The predicted octanol–water partition coefficient (Wildman–Crippen LogP) is 3.22. The molecule has 0 aliphatic carbocycles. The van der Waals surface area contributed by atoms with E-state index in [1.54, 1.807) is 6.20 Å². The average molecular weight is 247 g/mol. The summed E-state index contributed by atoms with van der Waals surface area (Å²) in [6, 6.07) is 13.8. The van der Waals surface area contributed by atoms with E-state index in [4.69, 9.17) is 17.3 Å². The van der Waals surface area contributed by atoms with Crippen LogP contribution in [0.1, 0.15) is 23.6 Å². The maximum atomic E-state index is 6.24. The minimum atomic E-state index is 0.176. The lowest BCUT2D eigenvalue weighted by atomic mass is 9.92. The second kappa shape index (κ2) is 5.80. The number of rotatable bonds is 4. The van der Waals surface area contributed by atoms with Crippen LogP contribution in [0, 0.1) is 0 Å². The minimum Gasteiger partial charge on any atom is -0.330 e. The van der Waals surface area contributed by atoms with Crippen LogP contribution in [-0.4, -0.2) is 11.5 Å². The van der Waals surface area contributed by atoms with Gasteiger partial charge in [0.15, 0.2) is 0 Å². The van der Waals surface area contributed by atoms with E-state index in [2.05, 4.69) is 4.98 Å². The summed E-state index contributed by atoms with van der Waals surface area (Å²) in [6.45, 7) is 0.618. The van der Waals surface area contributed by atoms with Crippen molar-refractivity contribution in [2.45, 2.75) is 12.3 Å². The molecular weight excluding hydrogens is 232 g/mol. The third kappa shape index (κ3) is 2.84. The smallest absolute Gasteiger partial charge is 0.0479 e. The molecule has 1 heterocycles. The van der Waals surface area contributed by atoms with Crippen LogP contribution in [0.15, 0.2) is 48.7 Å². The van der Waals surface area contributed by atoms with Crippen molar-refractivity contribution in [3.05, 3.63) is 64.9 Å². The molecule has 17 heavy (non-hydrogen) atoms. The Morgan fingerprint density at radius 1 is 1.12 bits per heavy atom. The van der Waals surface area contributed by atoms with Crippen LogP contribution in [0.3, 0.4) is 0 Å². The molecular formula is C14H15ClN2. The first-order valence-corrected chi connectivity index (χ1v) is 6.06. The van der Waals surface area contributed by atoms with E-state index < -0.39 is 0 Å². The second-order valence-corrected chi connectivity index (χ2v) is 4.31. The van der Waals surface area contributed by atoms with Crippen molar-refractivity contribution in [2.75, 3.05) is 6.54 Å². The summed E-state index contributed by atoms with van der Waals surface area (Å²) in [5.74, 6) is 0.176. The van der Waals surface area contributed by atoms with Crippen molar-refractivity contribution in [1.82, 2.24) is 4.98 Å². The van der Waals surface area contributed by atoms with E-state index in [0.29, 0.717) is 6.54 Å². The Balaban J connectivity index is 2.39. The monoisotopic (exact) mass is 246 g/mol. The fraction of sp³-hybridized carbons (Fsp3) is 0.214. The second-order valence-electron chi connectivity index (χ2n) is 3.91. The Morgan fingerprint density at radius 2 is 1.88 bits per heavy atom. The molecule has 1 atom stereocenters. The average Bonchev–Trinajstić information content (AvgIpc) is 2.38. The molecule has 1 aromatic carbocycles. The van der Waals surface area contributed by atoms with E-state index in [1.807, 2.05) is 42.5 Å². The number of pyridine rings is 1. The van der Waals surface area contributed by atoms with Crippen LogP contribution in [0.2, 0.25) is 5.02 Å². The van der Waals surface area contributed by atoms with Gasteiger partial charge in [-0.25, -0.2) is 0 Å². The van der Waals surface area contributed by atoms with Gasteiger partial charge in [-0.1, -0.05) is 35.9 Å². The van der Waals surface area contributed by atoms with Gasteiger partial charge in [0, 0.05) is 22.8 Å². The summed E-state index contributed by atoms with van der Waals surface area (Å²) in [7, 11) is 0. The SMILES string of the molecule is NCCC(c1ccccn1)c1ccccc1Cl. The summed E-state index contributed by atoms with van der Waals surface area (Å²) in [4.78, 5) is 4.40. The molecule has 0 aliphatic rings. The molecule has 0 amide bonds. The molecule has 0 saturated carbocycles. The highest BCUT2D eigenvalue weighted by Gasteiger charge is 2.16. The molecule has 0 aliphatic heterocycles. The van der Waals surface area contributed by atoms with Crippen molar-refractivity contribution < 1.29 is 0 Å². The third-order valence-corrected chi connectivity index (χ3v) is 3.12. The van der Waals surface area contributed by atoms with E-state index >= 15 is 0 Å². The summed E-state index contributed by atoms with van der Waals surface area (Å²) < 4.78 is 0. The third-order valence-electron chi connectivity index (χ3n) is 2.78. The Kier molecular flexibility index (Phi) is 4.13. The Labute approximate surface area is 106 Å². The fourth-order valence-corrected chi connectivity index (χ4v) is 2.24. The first-order chi connectivity index (χ1) is 8.33. The van der Waals surface area contributed by atoms with Crippen LogP contribution < -0.4 is 5.73 Å². The highest BCUT2D eigenvalue weighted by molar-refractivity contribution is 6.31. The van der Waals surface area contributed by atoms with E-state index in [-0.39, 0.29) is 5.92 Å². The Bertz CT molecular complexity index is 471.